The summed E-state index contributed by atoms with van der Waals surface area (Å²) >= 11 is 0. The normalized spacial score (nSPS) is 33.5. The van der Waals surface area contributed by atoms with Gasteiger partial charge in [-0.15, -0.1) is 0 Å². The smallest absolute Gasteiger partial charge is 0.0942 e. The molecule has 0 radical (unpaired) electrons. The zero-order valence-electron chi connectivity index (χ0n) is 11.3. The second-order valence-corrected chi connectivity index (χ2v) is 5.68. The minimum absolute atomic E-state index is 0.00495. The lowest BCUT2D eigenvalue weighted by Crippen LogP contribution is -2.50. The van der Waals surface area contributed by atoms with Gasteiger partial charge in [0.05, 0.1) is 12.2 Å². The van der Waals surface area contributed by atoms with Crippen LogP contribution >= 0.6 is 0 Å². The second kappa shape index (κ2) is 6.17. The van der Waals surface area contributed by atoms with Crippen molar-refractivity contribution in [3.05, 3.63) is 0 Å². The first-order valence-corrected chi connectivity index (χ1v) is 7.12. The second-order valence-electron chi connectivity index (χ2n) is 5.68. The third kappa shape index (κ3) is 3.01. The van der Waals surface area contributed by atoms with E-state index in [1.54, 1.807) is 7.11 Å². The standard InChI is InChI=1S/C14H27NO2/c1-12(13-5-8-15-9-6-13)14(11-16-2)7-3-4-10-17-14/h12-13,15H,3-11H2,1-2H3. The van der Waals surface area contributed by atoms with Gasteiger partial charge >= 0.3 is 0 Å². The minimum atomic E-state index is -0.00495. The summed E-state index contributed by atoms with van der Waals surface area (Å²) in [4.78, 5) is 0. The molecule has 0 aliphatic carbocycles. The van der Waals surface area contributed by atoms with Crippen LogP contribution in [0, 0.1) is 11.8 Å². The fraction of sp³-hybridized carbons (Fsp3) is 1.00. The van der Waals surface area contributed by atoms with Gasteiger partial charge in [0.25, 0.3) is 0 Å². The highest BCUT2D eigenvalue weighted by Crippen LogP contribution is 2.39. The molecule has 2 fully saturated rings. The van der Waals surface area contributed by atoms with Gasteiger partial charge in [-0.1, -0.05) is 6.92 Å². The van der Waals surface area contributed by atoms with Crippen molar-refractivity contribution in [1.82, 2.24) is 5.32 Å². The van der Waals surface area contributed by atoms with E-state index in [0.29, 0.717) is 5.92 Å². The maximum Gasteiger partial charge on any atom is 0.0942 e. The van der Waals surface area contributed by atoms with E-state index >= 15 is 0 Å². The van der Waals surface area contributed by atoms with Crippen LogP contribution in [0.2, 0.25) is 0 Å². The molecule has 2 saturated heterocycles. The van der Waals surface area contributed by atoms with Gasteiger partial charge in [0, 0.05) is 13.7 Å². The van der Waals surface area contributed by atoms with Crippen molar-refractivity contribution in [2.75, 3.05) is 33.4 Å². The molecule has 2 rings (SSSR count). The average Bonchev–Trinajstić information content (AvgIpc) is 2.40. The number of methoxy groups -OCH3 is 1. The number of hydrogen-bond donors (Lipinski definition) is 1. The zero-order valence-corrected chi connectivity index (χ0v) is 11.3. The summed E-state index contributed by atoms with van der Waals surface area (Å²) in [5.41, 5.74) is -0.00495. The van der Waals surface area contributed by atoms with E-state index in [0.717, 1.165) is 32.2 Å². The lowest BCUT2D eigenvalue weighted by Gasteiger charge is -2.45. The van der Waals surface area contributed by atoms with Crippen LogP contribution in [-0.4, -0.2) is 39.0 Å². The Kier molecular flexibility index (Phi) is 4.83. The highest BCUT2D eigenvalue weighted by molar-refractivity contribution is 4.92. The lowest BCUT2D eigenvalue weighted by molar-refractivity contribution is -0.158. The third-order valence-electron chi connectivity index (χ3n) is 4.69. The van der Waals surface area contributed by atoms with Crippen LogP contribution in [0.25, 0.3) is 0 Å². The van der Waals surface area contributed by atoms with Crippen molar-refractivity contribution in [3.63, 3.8) is 0 Å². The number of rotatable bonds is 4. The Hall–Kier alpha value is -0.120. The van der Waals surface area contributed by atoms with Crippen molar-refractivity contribution in [3.8, 4) is 0 Å². The predicted octanol–water partition coefficient (Wildman–Crippen LogP) is 2.21. The molecule has 0 aromatic carbocycles. The first-order valence-electron chi connectivity index (χ1n) is 7.12. The van der Waals surface area contributed by atoms with Gasteiger partial charge < -0.3 is 14.8 Å². The molecule has 2 aliphatic rings. The number of piperidine rings is 1. The summed E-state index contributed by atoms with van der Waals surface area (Å²) in [5.74, 6) is 1.41. The Bertz CT molecular complexity index is 215. The summed E-state index contributed by atoms with van der Waals surface area (Å²) in [6.45, 7) is 6.38. The molecular formula is C14H27NO2. The molecule has 2 atom stereocenters. The fourth-order valence-electron chi connectivity index (χ4n) is 3.50. The Morgan fingerprint density at radius 1 is 1.35 bits per heavy atom. The topological polar surface area (TPSA) is 30.5 Å². The summed E-state index contributed by atoms with van der Waals surface area (Å²) in [7, 11) is 1.80. The van der Waals surface area contributed by atoms with E-state index < -0.39 is 0 Å². The summed E-state index contributed by atoms with van der Waals surface area (Å²) < 4.78 is 11.6. The highest BCUT2D eigenvalue weighted by atomic mass is 16.5. The molecule has 0 bridgehead atoms. The van der Waals surface area contributed by atoms with Gasteiger partial charge in [0.2, 0.25) is 0 Å². The molecule has 0 aromatic rings. The Morgan fingerprint density at radius 2 is 2.12 bits per heavy atom. The summed E-state index contributed by atoms with van der Waals surface area (Å²) in [6, 6.07) is 0. The van der Waals surface area contributed by atoms with Gasteiger partial charge in [0.15, 0.2) is 0 Å². The molecule has 100 valence electrons. The van der Waals surface area contributed by atoms with Crippen LogP contribution in [0.3, 0.4) is 0 Å². The Morgan fingerprint density at radius 3 is 2.71 bits per heavy atom. The average molecular weight is 241 g/mol. The Balaban J connectivity index is 2.02. The molecular weight excluding hydrogens is 214 g/mol. The van der Waals surface area contributed by atoms with E-state index in [1.807, 2.05) is 0 Å². The molecule has 2 heterocycles. The van der Waals surface area contributed by atoms with Gasteiger partial charge in [-0.3, -0.25) is 0 Å². The maximum absolute atomic E-state index is 6.18. The van der Waals surface area contributed by atoms with Gasteiger partial charge in [0.1, 0.15) is 0 Å². The SMILES string of the molecule is COCC1(C(C)C2CCNCC2)CCCCO1. The summed E-state index contributed by atoms with van der Waals surface area (Å²) in [6.07, 6.45) is 6.25. The van der Waals surface area contributed by atoms with E-state index in [-0.39, 0.29) is 5.60 Å². The number of hydrogen-bond acceptors (Lipinski definition) is 3. The quantitative estimate of drug-likeness (QED) is 0.818. The van der Waals surface area contributed by atoms with Gasteiger partial charge in [-0.2, -0.15) is 0 Å². The molecule has 17 heavy (non-hydrogen) atoms. The molecule has 2 aliphatic heterocycles. The number of ether oxygens (including phenoxy) is 2. The molecule has 3 heteroatoms. The molecule has 1 N–H and O–H groups in total. The van der Waals surface area contributed by atoms with Crippen LogP contribution in [0.15, 0.2) is 0 Å². The summed E-state index contributed by atoms with van der Waals surface area (Å²) in [5, 5.41) is 3.44. The van der Waals surface area contributed by atoms with Crippen LogP contribution in [0.1, 0.15) is 39.0 Å². The van der Waals surface area contributed by atoms with Crippen molar-refractivity contribution in [2.45, 2.75) is 44.6 Å². The van der Waals surface area contributed by atoms with Crippen molar-refractivity contribution < 1.29 is 9.47 Å². The van der Waals surface area contributed by atoms with Gasteiger partial charge in [-0.25, -0.2) is 0 Å². The highest BCUT2D eigenvalue weighted by Gasteiger charge is 2.42. The first kappa shape index (κ1) is 13.3. The maximum atomic E-state index is 6.18. The minimum Gasteiger partial charge on any atom is -0.382 e. The van der Waals surface area contributed by atoms with Crippen molar-refractivity contribution >= 4 is 0 Å². The molecule has 0 saturated carbocycles. The van der Waals surface area contributed by atoms with Crippen molar-refractivity contribution in [2.24, 2.45) is 11.8 Å². The zero-order chi connectivity index (χ0) is 12.1. The van der Waals surface area contributed by atoms with E-state index in [2.05, 4.69) is 12.2 Å². The van der Waals surface area contributed by atoms with Crippen LogP contribution in [0.4, 0.5) is 0 Å². The Labute approximate surface area is 105 Å². The molecule has 0 spiro atoms. The molecule has 2 unspecified atom stereocenters. The number of nitrogens with one attached hydrogen (secondary N) is 1. The first-order chi connectivity index (χ1) is 8.28. The molecule has 3 nitrogen and oxygen atoms in total. The van der Waals surface area contributed by atoms with E-state index in [9.17, 15) is 0 Å². The monoisotopic (exact) mass is 241 g/mol. The lowest BCUT2D eigenvalue weighted by atomic mass is 9.72. The van der Waals surface area contributed by atoms with E-state index in [1.165, 1.54) is 32.1 Å². The van der Waals surface area contributed by atoms with Crippen LogP contribution in [0.5, 0.6) is 0 Å². The third-order valence-corrected chi connectivity index (χ3v) is 4.69. The molecule has 0 aromatic heterocycles. The van der Waals surface area contributed by atoms with Crippen LogP contribution in [-0.2, 0) is 9.47 Å². The fourth-order valence-corrected chi connectivity index (χ4v) is 3.50. The predicted molar refractivity (Wildman–Crippen MR) is 69.2 cm³/mol. The largest absolute Gasteiger partial charge is 0.382 e. The van der Waals surface area contributed by atoms with Gasteiger partial charge in [-0.05, 0) is 57.0 Å². The van der Waals surface area contributed by atoms with Crippen molar-refractivity contribution in [1.29, 1.82) is 0 Å². The van der Waals surface area contributed by atoms with Crippen LogP contribution < -0.4 is 5.32 Å². The molecule has 0 amide bonds. The van der Waals surface area contributed by atoms with E-state index in [4.69, 9.17) is 9.47 Å².